The van der Waals surface area contributed by atoms with Crippen molar-refractivity contribution in [2.75, 3.05) is 40.8 Å². The molecule has 36 heavy (non-hydrogen) atoms. The molecule has 0 spiro atoms. The van der Waals surface area contributed by atoms with Crippen molar-refractivity contribution in [3.63, 3.8) is 0 Å². The van der Waals surface area contributed by atoms with Crippen LogP contribution in [0.15, 0.2) is 0 Å². The van der Waals surface area contributed by atoms with Gasteiger partial charge in [0.2, 0.25) is 17.7 Å². The smallest absolute Gasteiger partial charge is 0.234 e. The van der Waals surface area contributed by atoms with Crippen LogP contribution < -0.4 is 0 Å². The normalized spacial score (nSPS) is 11.1. The molecule has 0 heterocycles. The van der Waals surface area contributed by atoms with Gasteiger partial charge < -0.3 is 14.7 Å². The summed E-state index contributed by atoms with van der Waals surface area (Å²) in [6.07, 6.45) is 17.6. The van der Waals surface area contributed by atoms with Crippen LogP contribution in [0.25, 0.3) is 0 Å². The maximum Gasteiger partial charge on any atom is 0.234 e. The second kappa shape index (κ2) is 22.6. The number of rotatable bonds is 23. The van der Waals surface area contributed by atoms with Crippen LogP contribution in [0.5, 0.6) is 0 Å². The van der Waals surface area contributed by atoms with E-state index in [2.05, 4.69) is 20.8 Å². The van der Waals surface area contributed by atoms with Crippen LogP contribution in [0, 0.1) is 5.92 Å². The van der Waals surface area contributed by atoms with Crippen LogP contribution in [-0.4, -0.2) is 73.2 Å². The molecule has 0 saturated carbocycles. The Bertz CT molecular complexity index is 550. The highest BCUT2D eigenvalue weighted by atomic mass is 16.2. The number of hydrogen-bond donors (Lipinski definition) is 0. The van der Waals surface area contributed by atoms with Gasteiger partial charge in [0, 0.05) is 47.2 Å². The summed E-state index contributed by atoms with van der Waals surface area (Å²) in [6, 6.07) is 0. The molecule has 6 nitrogen and oxygen atoms in total. The van der Waals surface area contributed by atoms with E-state index in [1.165, 1.54) is 57.8 Å². The maximum absolute atomic E-state index is 13.3. The fourth-order valence-electron chi connectivity index (χ4n) is 4.55. The molecule has 0 unspecified atom stereocenters. The molecule has 0 radical (unpaired) electrons. The highest BCUT2D eigenvalue weighted by Crippen LogP contribution is 2.17. The lowest BCUT2D eigenvalue weighted by Crippen LogP contribution is -2.44. The Morgan fingerprint density at radius 2 is 0.833 bits per heavy atom. The predicted molar refractivity (Wildman–Crippen MR) is 152 cm³/mol. The molecule has 3 amide bonds. The minimum Gasteiger partial charge on any atom is -0.346 e. The molecule has 6 heteroatoms. The molecule has 0 rings (SSSR count). The van der Waals surface area contributed by atoms with Gasteiger partial charge in [-0.25, -0.2) is 0 Å². The van der Waals surface area contributed by atoms with Crippen molar-refractivity contribution in [3.05, 3.63) is 0 Å². The molecule has 212 valence electrons. The zero-order valence-corrected chi connectivity index (χ0v) is 24.8. The Balaban J connectivity index is 4.96. The number of carbonyl (C=O) groups excluding carboxylic acids is 3. The Kier molecular flexibility index (Phi) is 21.6. The van der Waals surface area contributed by atoms with Crippen molar-refractivity contribution in [3.8, 4) is 0 Å². The summed E-state index contributed by atoms with van der Waals surface area (Å²) < 4.78 is 0. The Labute approximate surface area is 223 Å². The van der Waals surface area contributed by atoms with Crippen molar-refractivity contribution in [2.45, 2.75) is 130 Å². The molecule has 0 aromatic rings. The van der Waals surface area contributed by atoms with Crippen molar-refractivity contribution in [1.29, 1.82) is 0 Å². The molecule has 0 fully saturated rings. The van der Waals surface area contributed by atoms with Crippen LogP contribution in [0.1, 0.15) is 130 Å². The lowest BCUT2D eigenvalue weighted by Gasteiger charge is -2.27. The first-order chi connectivity index (χ1) is 17.3. The van der Waals surface area contributed by atoms with Crippen LogP contribution >= 0.6 is 0 Å². The molecule has 0 aromatic heterocycles. The summed E-state index contributed by atoms with van der Waals surface area (Å²) in [4.78, 5) is 44.6. The summed E-state index contributed by atoms with van der Waals surface area (Å²) in [5, 5.41) is 0. The maximum atomic E-state index is 13.3. The van der Waals surface area contributed by atoms with Gasteiger partial charge in [-0.15, -0.1) is 0 Å². The fraction of sp³-hybridized carbons (Fsp3) is 0.900. The van der Waals surface area contributed by atoms with Gasteiger partial charge in [-0.1, -0.05) is 97.8 Å². The summed E-state index contributed by atoms with van der Waals surface area (Å²) >= 11 is 0. The first kappa shape index (κ1) is 34.4. The predicted octanol–water partition coefficient (Wildman–Crippen LogP) is 6.67. The van der Waals surface area contributed by atoms with Gasteiger partial charge in [-0.2, -0.15) is 0 Å². The second-order valence-electron chi connectivity index (χ2n) is 10.7. The third kappa shape index (κ3) is 16.2. The SMILES string of the molecule is CCCCCCCN(C)C(=O)CCC(C(=O)N(C)CCCCCCC)C(=O)N(C)CCCCCCC. The topological polar surface area (TPSA) is 60.9 Å². The average Bonchev–Trinajstić information content (AvgIpc) is 2.87. The number of hydrogen-bond acceptors (Lipinski definition) is 3. The number of unbranched alkanes of at least 4 members (excludes halogenated alkanes) is 12. The first-order valence-electron chi connectivity index (χ1n) is 15.0. The van der Waals surface area contributed by atoms with Crippen LogP contribution in [0.4, 0.5) is 0 Å². The van der Waals surface area contributed by atoms with Crippen LogP contribution in [-0.2, 0) is 14.4 Å². The third-order valence-corrected chi connectivity index (χ3v) is 7.21. The van der Waals surface area contributed by atoms with Gasteiger partial charge >= 0.3 is 0 Å². The lowest BCUT2D eigenvalue weighted by molar-refractivity contribution is -0.146. The van der Waals surface area contributed by atoms with Crippen LogP contribution in [0.2, 0.25) is 0 Å². The zero-order chi connectivity index (χ0) is 27.2. The Hall–Kier alpha value is -1.59. The van der Waals surface area contributed by atoms with E-state index in [1.54, 1.807) is 28.8 Å². The van der Waals surface area contributed by atoms with E-state index in [-0.39, 0.29) is 30.6 Å². The summed E-state index contributed by atoms with van der Waals surface area (Å²) in [5.74, 6) is -1.01. The molecule has 0 atom stereocenters. The minimum absolute atomic E-state index is 0.0283. The molecule has 0 aliphatic heterocycles. The number of amides is 3. The standard InChI is InChI=1S/C30H59N3O3/c1-7-10-13-16-19-24-31(4)28(34)23-22-27(29(35)32(5)25-20-17-14-11-8-2)30(36)33(6)26-21-18-15-12-9-3/h27H,7-26H2,1-6H3. The summed E-state index contributed by atoms with van der Waals surface area (Å²) in [5.41, 5.74) is 0. The lowest BCUT2D eigenvalue weighted by atomic mass is 9.98. The van der Waals surface area contributed by atoms with Crippen molar-refractivity contribution < 1.29 is 14.4 Å². The van der Waals surface area contributed by atoms with Crippen molar-refractivity contribution >= 4 is 17.7 Å². The van der Waals surface area contributed by atoms with Crippen LogP contribution in [0.3, 0.4) is 0 Å². The first-order valence-corrected chi connectivity index (χ1v) is 15.0. The molecular formula is C30H59N3O3. The summed E-state index contributed by atoms with van der Waals surface area (Å²) in [6.45, 7) is 8.65. The molecule has 0 N–H and O–H groups in total. The molecule has 0 aromatic carbocycles. The van der Waals surface area contributed by atoms with Gasteiger partial charge in [0.05, 0.1) is 0 Å². The van der Waals surface area contributed by atoms with Crippen molar-refractivity contribution in [1.82, 2.24) is 14.7 Å². The van der Waals surface area contributed by atoms with E-state index in [0.717, 1.165) is 45.1 Å². The molecular weight excluding hydrogens is 450 g/mol. The van der Waals surface area contributed by atoms with Gasteiger partial charge in [0.25, 0.3) is 0 Å². The third-order valence-electron chi connectivity index (χ3n) is 7.21. The molecule has 0 aliphatic carbocycles. The van der Waals surface area contributed by atoms with E-state index < -0.39 is 5.92 Å². The number of nitrogens with zero attached hydrogens (tertiary/aromatic N) is 3. The Morgan fingerprint density at radius 3 is 1.19 bits per heavy atom. The largest absolute Gasteiger partial charge is 0.346 e. The van der Waals surface area contributed by atoms with Gasteiger partial charge in [-0.05, 0) is 25.7 Å². The van der Waals surface area contributed by atoms with E-state index in [9.17, 15) is 14.4 Å². The van der Waals surface area contributed by atoms with E-state index in [0.29, 0.717) is 13.1 Å². The highest BCUT2D eigenvalue weighted by Gasteiger charge is 2.32. The minimum atomic E-state index is -0.770. The van der Waals surface area contributed by atoms with E-state index >= 15 is 0 Å². The van der Waals surface area contributed by atoms with Gasteiger partial charge in [0.1, 0.15) is 5.92 Å². The average molecular weight is 510 g/mol. The second-order valence-corrected chi connectivity index (χ2v) is 10.7. The molecule has 0 bridgehead atoms. The molecule has 0 aliphatic rings. The molecule has 0 saturated heterocycles. The monoisotopic (exact) mass is 509 g/mol. The van der Waals surface area contributed by atoms with Crippen molar-refractivity contribution in [2.24, 2.45) is 5.92 Å². The number of carbonyl (C=O) groups is 3. The van der Waals surface area contributed by atoms with E-state index in [4.69, 9.17) is 0 Å². The Morgan fingerprint density at radius 1 is 0.500 bits per heavy atom. The fourth-order valence-corrected chi connectivity index (χ4v) is 4.55. The summed E-state index contributed by atoms with van der Waals surface area (Å²) in [7, 11) is 5.44. The zero-order valence-electron chi connectivity index (χ0n) is 24.8. The quantitative estimate of drug-likeness (QED) is 0.114. The van der Waals surface area contributed by atoms with Gasteiger partial charge in [-0.3, -0.25) is 14.4 Å². The van der Waals surface area contributed by atoms with E-state index in [1.807, 2.05) is 7.05 Å². The van der Waals surface area contributed by atoms with Gasteiger partial charge in [0.15, 0.2) is 0 Å². The highest BCUT2D eigenvalue weighted by molar-refractivity contribution is 6.00.